The van der Waals surface area contributed by atoms with Crippen molar-refractivity contribution >= 4 is 17.8 Å². The summed E-state index contributed by atoms with van der Waals surface area (Å²) >= 11 is 0. The van der Waals surface area contributed by atoms with Gasteiger partial charge in [0.05, 0.1) is 0 Å². The molecule has 0 aliphatic carbocycles. The summed E-state index contributed by atoms with van der Waals surface area (Å²) in [6.45, 7) is 6.08. The summed E-state index contributed by atoms with van der Waals surface area (Å²) in [5.74, 6) is 0.258. The van der Waals surface area contributed by atoms with E-state index in [4.69, 9.17) is 4.74 Å². The lowest BCUT2D eigenvalue weighted by Crippen LogP contribution is -2.52. The highest BCUT2D eigenvalue weighted by Gasteiger charge is 2.20. The highest BCUT2D eigenvalue weighted by Crippen LogP contribution is 2.06. The molecule has 1 atom stereocenters. The van der Waals surface area contributed by atoms with Gasteiger partial charge in [-0.1, -0.05) is 0 Å². The number of piperidine rings is 1. The number of ether oxygens (including phenoxy) is 1. The second-order valence-corrected chi connectivity index (χ2v) is 5.70. The van der Waals surface area contributed by atoms with Crippen molar-refractivity contribution in [3.05, 3.63) is 0 Å². The van der Waals surface area contributed by atoms with Crippen molar-refractivity contribution in [1.29, 1.82) is 0 Å². The van der Waals surface area contributed by atoms with Crippen molar-refractivity contribution in [2.75, 3.05) is 20.1 Å². The Balaban J connectivity index is 2.33. The molecule has 1 aliphatic heterocycles. The molecule has 3 N–H and O–H groups in total. The van der Waals surface area contributed by atoms with E-state index in [0.29, 0.717) is 18.9 Å². The largest absolute Gasteiger partial charge is 0.459 e. The van der Waals surface area contributed by atoms with Crippen molar-refractivity contribution in [2.24, 2.45) is 4.99 Å². The van der Waals surface area contributed by atoms with Crippen LogP contribution in [0.2, 0.25) is 0 Å². The van der Waals surface area contributed by atoms with Crippen molar-refractivity contribution in [2.45, 2.75) is 45.3 Å². The van der Waals surface area contributed by atoms with Gasteiger partial charge in [0.1, 0.15) is 12.1 Å². The smallest absolute Gasteiger partial charge is 0.325 e. The summed E-state index contributed by atoms with van der Waals surface area (Å²) in [5.41, 5.74) is -0.497. The van der Waals surface area contributed by atoms with E-state index in [1.165, 1.54) is 0 Å². The number of esters is 1. The zero-order valence-electron chi connectivity index (χ0n) is 12.6. The highest BCUT2D eigenvalue weighted by atomic mass is 16.6. The summed E-state index contributed by atoms with van der Waals surface area (Å²) in [5, 5.41) is 8.84. The van der Waals surface area contributed by atoms with E-state index in [1.807, 2.05) is 20.8 Å². The van der Waals surface area contributed by atoms with Gasteiger partial charge in [-0.15, -0.1) is 0 Å². The van der Waals surface area contributed by atoms with Crippen LogP contribution < -0.4 is 16.0 Å². The second kappa shape index (κ2) is 7.12. The molecule has 1 saturated heterocycles. The first kappa shape index (κ1) is 16.3. The molecule has 0 saturated carbocycles. The molecular formula is C13H24N4O3. The number of nitrogens with zero attached hydrogens (tertiary/aromatic N) is 1. The second-order valence-electron chi connectivity index (χ2n) is 5.70. The van der Waals surface area contributed by atoms with Gasteiger partial charge in [-0.2, -0.15) is 0 Å². The van der Waals surface area contributed by atoms with E-state index in [-0.39, 0.29) is 24.5 Å². The molecule has 1 fully saturated rings. The van der Waals surface area contributed by atoms with Crippen molar-refractivity contribution in [1.82, 2.24) is 16.0 Å². The first-order valence-corrected chi connectivity index (χ1v) is 6.76. The lowest BCUT2D eigenvalue weighted by molar-refractivity contribution is -0.153. The Morgan fingerprint density at radius 3 is 2.70 bits per heavy atom. The van der Waals surface area contributed by atoms with E-state index in [1.54, 1.807) is 7.05 Å². The van der Waals surface area contributed by atoms with Gasteiger partial charge in [-0.05, 0) is 27.2 Å². The lowest BCUT2D eigenvalue weighted by Gasteiger charge is -2.25. The highest BCUT2D eigenvalue weighted by molar-refractivity contribution is 5.85. The van der Waals surface area contributed by atoms with Gasteiger partial charge in [0.25, 0.3) is 0 Å². The fraction of sp³-hybridized carbons (Fsp3) is 0.769. The first-order valence-electron chi connectivity index (χ1n) is 6.76. The van der Waals surface area contributed by atoms with E-state index in [9.17, 15) is 9.59 Å². The monoisotopic (exact) mass is 284 g/mol. The van der Waals surface area contributed by atoms with Gasteiger partial charge < -0.3 is 20.7 Å². The Labute approximate surface area is 119 Å². The van der Waals surface area contributed by atoms with Gasteiger partial charge in [0, 0.05) is 26.1 Å². The summed E-state index contributed by atoms with van der Waals surface area (Å²) in [4.78, 5) is 26.7. The topological polar surface area (TPSA) is 91.8 Å². The normalized spacial score (nSPS) is 20.1. The molecule has 1 amide bonds. The molecule has 1 aliphatic rings. The van der Waals surface area contributed by atoms with Crippen molar-refractivity contribution in [3.63, 3.8) is 0 Å². The molecule has 1 unspecified atom stereocenters. The van der Waals surface area contributed by atoms with Crippen LogP contribution in [0.4, 0.5) is 0 Å². The molecule has 1 heterocycles. The number of guanidine groups is 1. The molecule has 1 rings (SSSR count). The van der Waals surface area contributed by atoms with Gasteiger partial charge >= 0.3 is 5.97 Å². The Morgan fingerprint density at radius 2 is 2.20 bits per heavy atom. The number of nitrogens with one attached hydrogen (secondary N) is 3. The Bertz CT molecular complexity index is 378. The van der Waals surface area contributed by atoms with Crippen LogP contribution in [0.1, 0.15) is 33.6 Å². The minimum absolute atomic E-state index is 0.0516. The van der Waals surface area contributed by atoms with Crippen molar-refractivity contribution in [3.8, 4) is 0 Å². The molecule has 0 aromatic carbocycles. The SMILES string of the molecule is CN=C(NCC(=O)OC(C)(C)C)NC1CCC(=O)NC1. The van der Waals surface area contributed by atoms with Crippen LogP contribution in [0.25, 0.3) is 0 Å². The van der Waals surface area contributed by atoms with E-state index >= 15 is 0 Å². The molecule has 20 heavy (non-hydrogen) atoms. The number of rotatable bonds is 3. The molecule has 0 radical (unpaired) electrons. The van der Waals surface area contributed by atoms with Crippen LogP contribution >= 0.6 is 0 Å². The Kier molecular flexibility index (Phi) is 5.79. The Hall–Kier alpha value is -1.79. The third-order valence-electron chi connectivity index (χ3n) is 2.65. The fourth-order valence-electron chi connectivity index (χ4n) is 1.78. The maximum absolute atomic E-state index is 11.6. The predicted molar refractivity (Wildman–Crippen MR) is 76.4 cm³/mol. The maximum Gasteiger partial charge on any atom is 0.325 e. The summed E-state index contributed by atoms with van der Waals surface area (Å²) < 4.78 is 5.20. The molecule has 0 aromatic heterocycles. The summed E-state index contributed by atoms with van der Waals surface area (Å²) in [6.07, 6.45) is 1.25. The number of carbonyl (C=O) groups is 2. The summed E-state index contributed by atoms with van der Waals surface area (Å²) in [6, 6.07) is 0.123. The number of hydrogen-bond acceptors (Lipinski definition) is 4. The summed E-state index contributed by atoms with van der Waals surface area (Å²) in [7, 11) is 1.63. The van der Waals surface area contributed by atoms with Gasteiger partial charge in [-0.3, -0.25) is 14.6 Å². The Morgan fingerprint density at radius 1 is 1.50 bits per heavy atom. The average molecular weight is 284 g/mol. The molecular weight excluding hydrogens is 260 g/mol. The van der Waals surface area contributed by atoms with Crippen LogP contribution in [-0.4, -0.2) is 49.6 Å². The molecule has 7 heteroatoms. The van der Waals surface area contributed by atoms with Crippen LogP contribution in [-0.2, 0) is 14.3 Å². The van der Waals surface area contributed by atoms with E-state index < -0.39 is 5.60 Å². The zero-order valence-corrected chi connectivity index (χ0v) is 12.6. The van der Waals surface area contributed by atoms with E-state index in [2.05, 4.69) is 20.9 Å². The molecule has 114 valence electrons. The van der Waals surface area contributed by atoms with Gasteiger partial charge in [-0.25, -0.2) is 0 Å². The van der Waals surface area contributed by atoms with Crippen molar-refractivity contribution < 1.29 is 14.3 Å². The molecule has 0 spiro atoms. The maximum atomic E-state index is 11.6. The predicted octanol–water partition coefficient (Wildman–Crippen LogP) is -0.228. The number of carbonyl (C=O) groups excluding carboxylic acids is 2. The van der Waals surface area contributed by atoms with Gasteiger partial charge in [0.2, 0.25) is 5.91 Å². The quantitative estimate of drug-likeness (QED) is 0.378. The average Bonchev–Trinajstić information content (AvgIpc) is 2.34. The van der Waals surface area contributed by atoms with Crippen LogP contribution in [0.15, 0.2) is 4.99 Å². The van der Waals surface area contributed by atoms with Crippen LogP contribution in [0.3, 0.4) is 0 Å². The number of aliphatic imine (C=N–C) groups is 1. The zero-order chi connectivity index (χ0) is 15.2. The van der Waals surface area contributed by atoms with Crippen LogP contribution in [0, 0.1) is 0 Å². The molecule has 7 nitrogen and oxygen atoms in total. The fourth-order valence-corrected chi connectivity index (χ4v) is 1.78. The third-order valence-corrected chi connectivity index (χ3v) is 2.65. The number of amides is 1. The first-order chi connectivity index (χ1) is 9.30. The molecule has 0 bridgehead atoms. The minimum atomic E-state index is -0.497. The van der Waals surface area contributed by atoms with Gasteiger partial charge in [0.15, 0.2) is 5.96 Å². The molecule has 0 aromatic rings. The van der Waals surface area contributed by atoms with Crippen LogP contribution in [0.5, 0.6) is 0 Å². The van der Waals surface area contributed by atoms with E-state index in [0.717, 1.165) is 6.42 Å². The lowest BCUT2D eigenvalue weighted by atomic mass is 10.1. The standard InChI is InChI=1S/C13H24N4O3/c1-13(2,3)20-11(19)8-16-12(14-4)17-9-5-6-10(18)15-7-9/h9H,5-8H2,1-4H3,(H,15,18)(H2,14,16,17). The number of hydrogen-bond donors (Lipinski definition) is 3. The minimum Gasteiger partial charge on any atom is -0.459 e. The third kappa shape index (κ3) is 6.40.